The van der Waals surface area contributed by atoms with Crippen molar-refractivity contribution in [3.8, 4) is 0 Å². The molecule has 24 nitrogen and oxygen atoms in total. The second-order valence-electron chi connectivity index (χ2n) is 22.7. The van der Waals surface area contributed by atoms with Gasteiger partial charge in [-0.15, -0.1) is 13.4 Å². The first-order valence-corrected chi connectivity index (χ1v) is 28.1. The van der Waals surface area contributed by atoms with Gasteiger partial charge in [0.1, 0.15) is 63.7 Å². The Morgan fingerprint density at radius 3 is 1.83 bits per heavy atom. The summed E-state index contributed by atoms with van der Waals surface area (Å²) >= 11 is 5.61. The molecule has 4 heterocycles. The molecule has 0 saturated carbocycles. The number of amides is 3. The highest BCUT2D eigenvalue weighted by Crippen LogP contribution is 2.64. The van der Waals surface area contributed by atoms with Crippen molar-refractivity contribution in [2.24, 2.45) is 5.92 Å². The van der Waals surface area contributed by atoms with Crippen molar-refractivity contribution in [1.29, 1.82) is 0 Å². The number of nitrogens with one attached hydrogen (secondary N) is 5. The monoisotopic (exact) mass is 1150 g/mol. The van der Waals surface area contributed by atoms with E-state index in [9.17, 15) is 68.7 Å². The van der Waals surface area contributed by atoms with Crippen LogP contribution in [0.25, 0.3) is 10.8 Å². The number of benzene rings is 3. The molecule has 438 valence electrons. The zero-order valence-electron chi connectivity index (χ0n) is 45.7. The number of hydrogen-bond acceptors (Lipinski definition) is 10. The van der Waals surface area contributed by atoms with Gasteiger partial charge in [0.05, 0.1) is 7.05 Å². The first-order chi connectivity index (χ1) is 38.5. The van der Waals surface area contributed by atoms with Crippen molar-refractivity contribution in [2.45, 2.75) is 101 Å². The Hall–Kier alpha value is -7.32. The average Bonchev–Trinajstić information content (AvgIpc) is 1.46. The highest BCUT2D eigenvalue weighted by Gasteiger charge is 3.00. The number of hydrogen-bond donors (Lipinski definition) is 11. The largest absolute Gasteiger partial charge is 0.482 e. The fourth-order valence-corrected chi connectivity index (χ4v) is 14.7. The first-order valence-electron chi connectivity index (χ1n) is 27.7. The highest BCUT2D eigenvalue weighted by atomic mass is 32.1. The van der Waals surface area contributed by atoms with E-state index in [1.807, 2.05) is 66.7 Å². The van der Waals surface area contributed by atoms with Gasteiger partial charge >= 0.3 is 47.8 Å². The summed E-state index contributed by atoms with van der Waals surface area (Å²) in [6, 6.07) is 17.3. The molecular weight excluding hydrogens is 1070 g/mol. The van der Waals surface area contributed by atoms with Crippen LogP contribution in [0.2, 0.25) is 0 Å². The zero-order valence-corrected chi connectivity index (χ0v) is 46.5. The molecule has 4 saturated heterocycles. The number of nitrogens with zero attached hydrogens (tertiary/aromatic N) is 4. The second-order valence-corrected chi connectivity index (χ2v) is 23.1. The van der Waals surface area contributed by atoms with Crippen molar-refractivity contribution in [3.63, 3.8) is 0 Å². The minimum absolute atomic E-state index is 0.00951. The van der Waals surface area contributed by atoms with E-state index in [0.29, 0.717) is 100 Å². The summed E-state index contributed by atoms with van der Waals surface area (Å²) in [5.41, 5.74) is 2.59. The predicted octanol–water partition coefficient (Wildman–Crippen LogP) is 2.59. The van der Waals surface area contributed by atoms with Gasteiger partial charge in [0.25, 0.3) is 0 Å². The van der Waals surface area contributed by atoms with Crippen LogP contribution in [0.5, 0.6) is 0 Å². The number of anilines is 1. The van der Waals surface area contributed by atoms with Crippen molar-refractivity contribution in [1.82, 2.24) is 21.3 Å². The normalized spacial score (nSPS) is 25.1. The number of carbonyl (C=O) groups is 9. The Morgan fingerprint density at radius 2 is 1.20 bits per heavy atom. The van der Waals surface area contributed by atoms with Gasteiger partial charge in [-0.1, -0.05) is 61.0 Å². The van der Waals surface area contributed by atoms with Gasteiger partial charge in [-0.25, -0.2) is 28.8 Å². The fourth-order valence-electron chi connectivity index (χ4n) is 14.4. The quantitative estimate of drug-likeness (QED) is 0.0243. The molecule has 0 aliphatic carbocycles. The summed E-state index contributed by atoms with van der Waals surface area (Å²) in [5, 5.41) is 75.0. The number of rotatable bonds is 32. The standard InChI is InChI=1S/C56H73N9O15S/c1-62-23-24-63(34-48(69)70)25-26-64(35-49(71)72)27-28-65(36-50(73)74,56(62,63)64)43(33-62)31-37-14-17-42(18-15-37)59-55(81)58-22-7-2-3-11-44(66)32-41(30-38-13-16-39-9-4-5-10-40(39)29-38)51(75)57-21-8-6-12-45(52(76)77)60-54(80)61-46(53(78)79)19-20-47(67)68/h4-5,9-10,13-18,29,41,43,45-46H,2-3,6-8,11-12,19-28,30-36H2,1H3,(H7-4,57,58,59,60,61,67,68,69,70,71,72,73,74,75,76,77,78,79,80,81)/p+4/t41?,43?,45-,46-,56?,62?,63?,64?,65?/m0/s1. The van der Waals surface area contributed by atoms with Crippen LogP contribution in [0.1, 0.15) is 75.3 Å². The van der Waals surface area contributed by atoms with Crippen LogP contribution in [0.15, 0.2) is 66.7 Å². The third kappa shape index (κ3) is 13.6. The number of aliphatic carboxylic acids is 6. The Labute approximate surface area is 474 Å². The van der Waals surface area contributed by atoms with Crippen LogP contribution in [-0.4, -0.2) is 217 Å². The molecule has 4 aliphatic heterocycles. The molecule has 11 N–H and O–H groups in total. The van der Waals surface area contributed by atoms with Crippen molar-refractivity contribution >= 4 is 87.3 Å². The molecule has 0 aromatic heterocycles. The second kappa shape index (κ2) is 26.1. The molecule has 3 aromatic rings. The molecule has 9 atom stereocenters. The first kappa shape index (κ1) is 61.3. The number of likely N-dealkylation sites (N-methyl/N-ethyl adjacent to an activating group) is 1. The van der Waals surface area contributed by atoms with E-state index in [2.05, 4.69) is 33.6 Å². The van der Waals surface area contributed by atoms with Crippen LogP contribution < -0.4 is 26.6 Å². The summed E-state index contributed by atoms with van der Waals surface area (Å²) in [6.45, 7) is 3.75. The van der Waals surface area contributed by atoms with Crippen molar-refractivity contribution < 1.29 is 91.7 Å². The lowest BCUT2D eigenvalue weighted by molar-refractivity contribution is -1.36. The Morgan fingerprint density at radius 1 is 0.617 bits per heavy atom. The van der Waals surface area contributed by atoms with Crippen LogP contribution >= 0.6 is 12.2 Å². The lowest BCUT2D eigenvalue weighted by Gasteiger charge is -2.49. The summed E-state index contributed by atoms with van der Waals surface area (Å²) in [7, 11) is 2.09. The number of thiocarbonyl (C=S) groups is 1. The number of carboxylic acids is 6. The van der Waals surface area contributed by atoms with E-state index in [1.54, 1.807) is 0 Å². The van der Waals surface area contributed by atoms with Gasteiger partial charge in [-0.2, -0.15) is 4.48 Å². The maximum atomic E-state index is 13.7. The third-order valence-electron chi connectivity index (χ3n) is 17.4. The summed E-state index contributed by atoms with van der Waals surface area (Å²) in [6.07, 6.45) is 2.76. The number of urea groups is 1. The highest BCUT2D eigenvalue weighted by molar-refractivity contribution is 7.80. The number of Topliss-reactive ketones (excluding diaryl/α,β-unsaturated/α-hetero) is 1. The number of unbranched alkanes of at least 4 members (excludes halogenated alkanes) is 3. The molecule has 4 fully saturated rings. The van der Waals surface area contributed by atoms with E-state index >= 15 is 0 Å². The van der Waals surface area contributed by atoms with Crippen LogP contribution in [0.4, 0.5) is 10.5 Å². The lowest BCUT2D eigenvalue weighted by Crippen LogP contribution is -2.85. The van der Waals surface area contributed by atoms with Gasteiger partial charge in [0.15, 0.2) is 30.8 Å². The number of quaternary nitrogens is 4. The van der Waals surface area contributed by atoms with E-state index in [1.165, 1.54) is 0 Å². The molecule has 81 heavy (non-hydrogen) atoms. The average molecular weight is 1150 g/mol. The topological polar surface area (TPSA) is 335 Å². The summed E-state index contributed by atoms with van der Waals surface area (Å²) in [5.74, 6) is -9.06. The fraction of sp³-hybridized carbons (Fsp3) is 0.536. The van der Waals surface area contributed by atoms with Gasteiger partial charge in [-0.3, -0.25) is 14.4 Å². The Balaban J connectivity index is 0.868. The van der Waals surface area contributed by atoms with Gasteiger partial charge in [0, 0.05) is 50.4 Å². The zero-order chi connectivity index (χ0) is 58.8. The summed E-state index contributed by atoms with van der Waals surface area (Å²) in [4.78, 5) is 112. The molecule has 7 rings (SSSR count). The minimum atomic E-state index is -1.54. The van der Waals surface area contributed by atoms with Crippen LogP contribution in [0.3, 0.4) is 0 Å². The molecule has 0 bridgehead atoms. The van der Waals surface area contributed by atoms with Crippen molar-refractivity contribution in [3.05, 3.63) is 77.9 Å². The van der Waals surface area contributed by atoms with Crippen LogP contribution in [0, 0.1) is 5.92 Å². The third-order valence-corrected chi connectivity index (χ3v) is 17.7. The molecule has 7 unspecified atom stereocenters. The Bertz CT molecular complexity index is 2870. The van der Waals surface area contributed by atoms with E-state index in [0.717, 1.165) is 27.6 Å². The molecule has 25 heteroatoms. The van der Waals surface area contributed by atoms with Crippen LogP contribution in [-0.2, 0) is 51.2 Å². The van der Waals surface area contributed by atoms with Gasteiger partial charge < -0.3 is 57.2 Å². The molecule has 4 aliphatic rings. The van der Waals surface area contributed by atoms with E-state index in [4.69, 9.17) is 17.3 Å². The molecule has 3 amide bonds. The number of carbonyl (C=O) groups excluding carboxylic acids is 3. The van der Waals surface area contributed by atoms with E-state index in [-0.39, 0.29) is 83.0 Å². The van der Waals surface area contributed by atoms with Crippen molar-refractivity contribution in [2.75, 3.05) is 90.9 Å². The number of fused-ring (bicyclic) bond motifs is 1. The molecule has 1 spiro atoms. The Kier molecular flexibility index (Phi) is 19.7. The molecule has 3 aromatic carbocycles. The summed E-state index contributed by atoms with van der Waals surface area (Å²) < 4.78 is 0.926. The number of carboxylic acid groups (broad SMARTS) is 6. The molecule has 0 radical (unpaired) electrons. The maximum Gasteiger partial charge on any atom is 0.482 e. The SMILES string of the molecule is C[N+]12CC[N+]3(CC(=O)O)CC[N+]4(CC(=O)O)CC[N+](CC(=O)O)(C(Cc5ccc(NC(=S)NCCCCCC(=O)CC(Cc6ccc7ccccc7c6)C(=O)NCCCC[C@H](NC(=O)N[C@@H](CCC(=O)O)C(=O)O)C(=O)O)cc5)C1)C234. The predicted molar refractivity (Wildman–Crippen MR) is 297 cm³/mol. The minimum Gasteiger partial charge on any atom is -0.481 e. The number of ketones is 1. The van der Waals surface area contributed by atoms with E-state index < -0.39 is 78.6 Å². The van der Waals surface area contributed by atoms with Gasteiger partial charge in [-0.05, 0) is 91.2 Å². The smallest absolute Gasteiger partial charge is 0.481 e. The lowest BCUT2D eigenvalue weighted by atomic mass is 9.91. The maximum absolute atomic E-state index is 13.7. The van der Waals surface area contributed by atoms with Gasteiger partial charge in [0.2, 0.25) is 5.91 Å². The molecular formula is C56H77N9O15S+4.